The van der Waals surface area contributed by atoms with Gasteiger partial charge in [0.2, 0.25) is 10.0 Å². The number of benzene rings is 1. The molecule has 9 heteroatoms. The zero-order valence-corrected chi connectivity index (χ0v) is 17.8. The quantitative estimate of drug-likeness (QED) is 0.771. The first-order valence-electron chi connectivity index (χ1n) is 8.92. The fraction of sp³-hybridized carbons (Fsp3) is 0.611. The standard InChI is InChI=1S/C18H28ClN3O4S/c1-18(2,3)21-17(23)22-9-7-13(8-10-22)12-20-27(24,25)16-11-14(19)5-6-15(16)26-4/h5-6,11,13,20H,7-10,12H2,1-4H3,(H,21,23). The van der Waals surface area contributed by atoms with Crippen molar-refractivity contribution in [3.8, 4) is 5.75 Å². The van der Waals surface area contributed by atoms with Gasteiger partial charge in [0.05, 0.1) is 7.11 Å². The van der Waals surface area contributed by atoms with Gasteiger partial charge in [-0.15, -0.1) is 0 Å². The van der Waals surface area contributed by atoms with E-state index in [4.69, 9.17) is 16.3 Å². The predicted octanol–water partition coefficient (Wildman–Crippen LogP) is 2.85. The molecule has 1 heterocycles. The second kappa shape index (κ2) is 8.67. The number of ether oxygens (including phenoxy) is 1. The van der Waals surface area contributed by atoms with Crippen LogP contribution in [0.3, 0.4) is 0 Å². The van der Waals surface area contributed by atoms with Gasteiger partial charge in [0, 0.05) is 30.2 Å². The van der Waals surface area contributed by atoms with Gasteiger partial charge in [-0.3, -0.25) is 0 Å². The van der Waals surface area contributed by atoms with Gasteiger partial charge in [-0.05, 0) is 57.7 Å². The lowest BCUT2D eigenvalue weighted by Crippen LogP contribution is -2.51. The van der Waals surface area contributed by atoms with Gasteiger partial charge in [-0.2, -0.15) is 0 Å². The summed E-state index contributed by atoms with van der Waals surface area (Å²) in [5.74, 6) is 0.421. The van der Waals surface area contributed by atoms with Gasteiger partial charge in [-0.25, -0.2) is 17.9 Å². The number of sulfonamides is 1. The van der Waals surface area contributed by atoms with Crippen LogP contribution >= 0.6 is 11.6 Å². The Morgan fingerprint density at radius 1 is 1.30 bits per heavy atom. The van der Waals surface area contributed by atoms with Gasteiger partial charge in [-0.1, -0.05) is 11.6 Å². The lowest BCUT2D eigenvalue weighted by atomic mass is 9.97. The van der Waals surface area contributed by atoms with E-state index in [-0.39, 0.29) is 28.1 Å². The van der Waals surface area contributed by atoms with Crippen LogP contribution in [0.5, 0.6) is 5.75 Å². The van der Waals surface area contributed by atoms with Crippen molar-refractivity contribution in [3.63, 3.8) is 0 Å². The van der Waals surface area contributed by atoms with Crippen LogP contribution in [0.2, 0.25) is 5.02 Å². The van der Waals surface area contributed by atoms with Crippen LogP contribution in [-0.2, 0) is 10.0 Å². The van der Waals surface area contributed by atoms with Crippen LogP contribution in [0.1, 0.15) is 33.6 Å². The molecule has 27 heavy (non-hydrogen) atoms. The molecule has 152 valence electrons. The van der Waals surface area contributed by atoms with Crippen molar-refractivity contribution < 1.29 is 17.9 Å². The number of hydrogen-bond acceptors (Lipinski definition) is 4. The highest BCUT2D eigenvalue weighted by Crippen LogP contribution is 2.27. The van der Waals surface area contributed by atoms with Gasteiger partial charge in [0.15, 0.2) is 0 Å². The number of rotatable bonds is 5. The maximum atomic E-state index is 12.6. The van der Waals surface area contributed by atoms with Crippen LogP contribution in [0.25, 0.3) is 0 Å². The molecule has 0 bridgehead atoms. The molecular formula is C18H28ClN3O4S. The van der Waals surface area contributed by atoms with Crippen LogP contribution in [0, 0.1) is 5.92 Å². The monoisotopic (exact) mass is 417 g/mol. The normalized spacial score (nSPS) is 16.3. The predicted molar refractivity (Wildman–Crippen MR) is 106 cm³/mol. The third-order valence-corrected chi connectivity index (χ3v) is 6.04. The van der Waals surface area contributed by atoms with Crippen molar-refractivity contribution in [2.75, 3.05) is 26.7 Å². The smallest absolute Gasteiger partial charge is 0.317 e. The van der Waals surface area contributed by atoms with Crippen molar-refractivity contribution in [3.05, 3.63) is 23.2 Å². The molecule has 7 nitrogen and oxygen atoms in total. The summed E-state index contributed by atoms with van der Waals surface area (Å²) < 4.78 is 33.0. The number of likely N-dealkylation sites (tertiary alicyclic amines) is 1. The fourth-order valence-corrected chi connectivity index (χ4v) is 4.45. The topological polar surface area (TPSA) is 87.7 Å². The maximum absolute atomic E-state index is 12.6. The van der Waals surface area contributed by atoms with E-state index in [9.17, 15) is 13.2 Å². The summed E-state index contributed by atoms with van der Waals surface area (Å²) in [5.41, 5.74) is -0.278. The molecule has 1 saturated heterocycles. The summed E-state index contributed by atoms with van der Waals surface area (Å²) in [4.78, 5) is 14.0. The highest BCUT2D eigenvalue weighted by Gasteiger charge is 2.27. The summed E-state index contributed by atoms with van der Waals surface area (Å²) in [7, 11) is -2.31. The molecule has 1 aliphatic rings. The Hall–Kier alpha value is -1.51. The van der Waals surface area contributed by atoms with E-state index < -0.39 is 10.0 Å². The largest absolute Gasteiger partial charge is 0.495 e. The molecule has 0 atom stereocenters. The van der Waals surface area contributed by atoms with E-state index >= 15 is 0 Å². The minimum Gasteiger partial charge on any atom is -0.495 e. The molecular weight excluding hydrogens is 390 g/mol. The number of methoxy groups -OCH3 is 1. The first-order valence-corrected chi connectivity index (χ1v) is 10.8. The third kappa shape index (κ3) is 6.26. The Kier molecular flexibility index (Phi) is 6.99. The summed E-state index contributed by atoms with van der Waals surface area (Å²) in [6, 6.07) is 4.41. The van der Waals surface area contributed by atoms with E-state index in [1.807, 2.05) is 20.8 Å². The van der Waals surface area contributed by atoms with E-state index in [0.29, 0.717) is 24.7 Å². The van der Waals surface area contributed by atoms with Crippen LogP contribution in [0.15, 0.2) is 23.1 Å². The highest BCUT2D eigenvalue weighted by molar-refractivity contribution is 7.89. The number of piperidine rings is 1. The molecule has 0 radical (unpaired) electrons. The average molecular weight is 418 g/mol. The fourth-order valence-electron chi connectivity index (χ4n) is 2.91. The molecule has 1 fully saturated rings. The Bertz CT molecular complexity index is 769. The molecule has 0 spiro atoms. The number of nitrogens with one attached hydrogen (secondary N) is 2. The molecule has 2 rings (SSSR count). The molecule has 1 aromatic carbocycles. The Morgan fingerprint density at radius 2 is 1.93 bits per heavy atom. The van der Waals surface area contributed by atoms with Gasteiger partial charge < -0.3 is 15.0 Å². The average Bonchev–Trinajstić information content (AvgIpc) is 2.59. The lowest BCUT2D eigenvalue weighted by Gasteiger charge is -2.34. The molecule has 0 unspecified atom stereocenters. The number of amides is 2. The lowest BCUT2D eigenvalue weighted by molar-refractivity contribution is 0.163. The summed E-state index contributed by atoms with van der Waals surface area (Å²) in [6.07, 6.45) is 1.49. The first kappa shape index (κ1) is 21.8. The van der Waals surface area contributed by atoms with Gasteiger partial charge >= 0.3 is 6.03 Å². The summed E-state index contributed by atoms with van der Waals surface area (Å²) >= 11 is 5.93. The number of halogens is 1. The Morgan fingerprint density at radius 3 is 2.48 bits per heavy atom. The minimum atomic E-state index is -3.73. The number of carbonyl (C=O) groups is 1. The SMILES string of the molecule is COc1ccc(Cl)cc1S(=O)(=O)NCC1CCN(C(=O)NC(C)(C)C)CC1. The van der Waals surface area contributed by atoms with E-state index in [2.05, 4.69) is 10.0 Å². The van der Waals surface area contributed by atoms with Crippen molar-refractivity contribution in [2.24, 2.45) is 5.92 Å². The molecule has 0 saturated carbocycles. The molecule has 0 aromatic heterocycles. The Labute approximate surface area is 166 Å². The second-order valence-corrected chi connectivity index (χ2v) is 9.93. The van der Waals surface area contributed by atoms with Crippen molar-refractivity contribution >= 4 is 27.7 Å². The van der Waals surface area contributed by atoms with Crippen LogP contribution in [0.4, 0.5) is 4.79 Å². The van der Waals surface area contributed by atoms with Crippen molar-refractivity contribution in [2.45, 2.75) is 44.0 Å². The van der Waals surface area contributed by atoms with Gasteiger partial charge in [0.1, 0.15) is 10.6 Å². The Balaban J connectivity index is 1.91. The minimum absolute atomic E-state index is 0.0273. The maximum Gasteiger partial charge on any atom is 0.317 e. The summed E-state index contributed by atoms with van der Waals surface area (Å²) in [5, 5.41) is 3.28. The van der Waals surface area contributed by atoms with Crippen molar-refractivity contribution in [1.82, 2.24) is 14.9 Å². The zero-order chi connectivity index (χ0) is 20.2. The molecule has 1 aromatic rings. The molecule has 2 amide bonds. The van der Waals surface area contributed by atoms with E-state index in [1.54, 1.807) is 11.0 Å². The highest BCUT2D eigenvalue weighted by atomic mass is 35.5. The number of hydrogen-bond donors (Lipinski definition) is 2. The van der Waals surface area contributed by atoms with Crippen molar-refractivity contribution in [1.29, 1.82) is 0 Å². The molecule has 0 aliphatic carbocycles. The number of carbonyl (C=O) groups excluding carboxylic acids is 1. The first-order chi connectivity index (χ1) is 12.5. The number of urea groups is 1. The van der Waals surface area contributed by atoms with E-state index in [1.165, 1.54) is 19.2 Å². The van der Waals surface area contributed by atoms with Crippen LogP contribution < -0.4 is 14.8 Å². The molecule has 1 aliphatic heterocycles. The van der Waals surface area contributed by atoms with E-state index in [0.717, 1.165) is 12.8 Å². The third-order valence-electron chi connectivity index (χ3n) is 4.36. The molecule has 2 N–H and O–H groups in total. The second-order valence-electron chi connectivity index (χ2n) is 7.76. The zero-order valence-electron chi connectivity index (χ0n) is 16.2. The van der Waals surface area contributed by atoms with Gasteiger partial charge in [0.25, 0.3) is 0 Å². The summed E-state index contributed by atoms with van der Waals surface area (Å²) in [6.45, 7) is 7.35. The van der Waals surface area contributed by atoms with Crippen LogP contribution in [-0.4, -0.2) is 51.6 Å². The number of nitrogens with zero attached hydrogens (tertiary/aromatic N) is 1.